The molecule has 0 amide bonds. The van der Waals surface area contributed by atoms with E-state index in [0.29, 0.717) is 5.41 Å². The van der Waals surface area contributed by atoms with E-state index in [4.69, 9.17) is 19.4 Å². The van der Waals surface area contributed by atoms with Gasteiger partial charge in [-0.15, -0.1) is 0 Å². The minimum Gasteiger partial charge on any atom is -0.475 e. The van der Waals surface area contributed by atoms with Gasteiger partial charge in [0.05, 0.1) is 13.2 Å². The van der Waals surface area contributed by atoms with Crippen LogP contribution in [0.1, 0.15) is 25.7 Å². The van der Waals surface area contributed by atoms with Crippen molar-refractivity contribution in [2.24, 2.45) is 5.41 Å². The van der Waals surface area contributed by atoms with E-state index in [2.05, 4.69) is 4.90 Å². The largest absolute Gasteiger partial charge is 0.490 e. The maximum absolute atomic E-state index is 10.6. The highest BCUT2D eigenvalue weighted by molar-refractivity contribution is 5.73. The number of carbonyl (C=O) groups is 1. The van der Waals surface area contributed by atoms with E-state index in [9.17, 15) is 13.2 Å². The van der Waals surface area contributed by atoms with Crippen molar-refractivity contribution >= 4 is 5.97 Å². The van der Waals surface area contributed by atoms with Crippen molar-refractivity contribution in [2.75, 3.05) is 39.5 Å². The van der Waals surface area contributed by atoms with Crippen molar-refractivity contribution in [3.05, 3.63) is 0 Å². The van der Waals surface area contributed by atoms with Crippen LogP contribution in [-0.4, -0.2) is 67.7 Å². The number of hydrogen-bond donors (Lipinski definition) is 1. The Morgan fingerprint density at radius 2 is 1.59 bits per heavy atom. The highest BCUT2D eigenvalue weighted by Crippen LogP contribution is 2.39. The second kappa shape index (κ2) is 7.14. The number of carboxylic acids is 1. The Hall–Kier alpha value is -0.860. The molecule has 0 unspecified atom stereocenters. The van der Waals surface area contributed by atoms with E-state index in [-0.39, 0.29) is 0 Å². The highest BCUT2D eigenvalue weighted by atomic mass is 19.4. The van der Waals surface area contributed by atoms with Crippen LogP contribution in [0.15, 0.2) is 0 Å². The predicted octanol–water partition coefficient (Wildman–Crippen LogP) is 1.91. The van der Waals surface area contributed by atoms with Gasteiger partial charge in [0.1, 0.15) is 0 Å². The van der Waals surface area contributed by atoms with Crippen LogP contribution in [0.3, 0.4) is 0 Å². The lowest BCUT2D eigenvalue weighted by Gasteiger charge is -2.49. The molecule has 0 aromatic carbocycles. The average molecular weight is 325 g/mol. The third kappa shape index (κ3) is 4.57. The maximum Gasteiger partial charge on any atom is 0.490 e. The van der Waals surface area contributed by atoms with E-state index >= 15 is 0 Å². The number of aliphatic carboxylic acids is 1. The minimum absolute atomic E-state index is 0.585. The fourth-order valence-electron chi connectivity index (χ4n) is 3.09. The number of carboxylic acid groups (broad SMARTS) is 1. The van der Waals surface area contributed by atoms with Crippen LogP contribution in [0, 0.1) is 5.41 Å². The molecule has 1 N–H and O–H groups in total. The number of halogens is 3. The molecule has 0 aliphatic carbocycles. The van der Waals surface area contributed by atoms with Crippen molar-refractivity contribution in [3.8, 4) is 0 Å². The van der Waals surface area contributed by atoms with Crippen LogP contribution in [0.2, 0.25) is 0 Å². The first-order valence-electron chi connectivity index (χ1n) is 7.52. The fraction of sp³-hybridized carbons (Fsp3) is 0.929. The van der Waals surface area contributed by atoms with Gasteiger partial charge in [0.2, 0.25) is 0 Å². The standard InChI is InChI=1S/C12H21NO2.C2HF3O2/c1-7-14-8-2-11(1)13-5-3-12(4-6-13)9-15-10-12;3-2(4,5)1(6)7/h11H,1-10H2;(H,6,7). The smallest absolute Gasteiger partial charge is 0.475 e. The van der Waals surface area contributed by atoms with Gasteiger partial charge in [-0.3, -0.25) is 0 Å². The SMILES string of the molecule is C1CC(N2CCC3(CC2)COC3)CCO1.O=C(O)C(F)(F)F. The second-order valence-corrected chi connectivity index (χ2v) is 6.18. The van der Waals surface area contributed by atoms with Crippen LogP contribution >= 0.6 is 0 Å². The number of hydrogen-bond acceptors (Lipinski definition) is 4. The van der Waals surface area contributed by atoms with E-state index in [1.54, 1.807) is 0 Å². The zero-order valence-electron chi connectivity index (χ0n) is 12.4. The molecule has 0 aromatic rings. The van der Waals surface area contributed by atoms with Crippen molar-refractivity contribution in [2.45, 2.75) is 37.9 Å². The number of likely N-dealkylation sites (tertiary alicyclic amines) is 1. The lowest BCUT2D eigenvalue weighted by atomic mass is 9.76. The Balaban J connectivity index is 0.000000217. The van der Waals surface area contributed by atoms with Crippen LogP contribution in [-0.2, 0) is 14.3 Å². The number of rotatable bonds is 1. The number of nitrogens with zero attached hydrogens (tertiary/aromatic N) is 1. The summed E-state index contributed by atoms with van der Waals surface area (Å²) in [5.74, 6) is -2.76. The quantitative estimate of drug-likeness (QED) is 0.798. The lowest BCUT2D eigenvalue weighted by molar-refractivity contribution is -0.192. The van der Waals surface area contributed by atoms with Crippen molar-refractivity contribution < 1.29 is 32.5 Å². The molecule has 128 valence electrons. The number of alkyl halides is 3. The molecule has 3 saturated heterocycles. The summed E-state index contributed by atoms with van der Waals surface area (Å²) < 4.78 is 42.5. The summed E-state index contributed by atoms with van der Waals surface area (Å²) >= 11 is 0. The van der Waals surface area contributed by atoms with Gasteiger partial charge in [-0.2, -0.15) is 13.2 Å². The van der Waals surface area contributed by atoms with E-state index in [1.165, 1.54) is 38.8 Å². The Labute approximate surface area is 127 Å². The molecular weight excluding hydrogens is 303 g/mol. The lowest BCUT2D eigenvalue weighted by Crippen LogP contribution is -2.53. The molecular formula is C14H22F3NO4. The molecule has 0 saturated carbocycles. The van der Waals surface area contributed by atoms with Gasteiger partial charge in [0, 0.05) is 24.7 Å². The molecule has 0 radical (unpaired) electrons. The van der Waals surface area contributed by atoms with Gasteiger partial charge in [0.15, 0.2) is 0 Å². The Morgan fingerprint density at radius 3 is 1.95 bits per heavy atom. The van der Waals surface area contributed by atoms with Crippen LogP contribution in [0.25, 0.3) is 0 Å². The van der Waals surface area contributed by atoms with Gasteiger partial charge >= 0.3 is 12.1 Å². The monoisotopic (exact) mass is 325 g/mol. The highest BCUT2D eigenvalue weighted by Gasteiger charge is 2.42. The molecule has 3 fully saturated rings. The molecule has 3 aliphatic heterocycles. The molecule has 0 bridgehead atoms. The normalized spacial score (nSPS) is 26.0. The van der Waals surface area contributed by atoms with E-state index in [0.717, 1.165) is 32.5 Å². The molecule has 8 heteroatoms. The number of piperidine rings is 1. The Morgan fingerprint density at radius 1 is 1.09 bits per heavy atom. The predicted molar refractivity (Wildman–Crippen MR) is 71.6 cm³/mol. The molecule has 0 atom stereocenters. The van der Waals surface area contributed by atoms with Crippen LogP contribution < -0.4 is 0 Å². The summed E-state index contributed by atoms with van der Waals surface area (Å²) in [6.07, 6.45) is 0.0989. The van der Waals surface area contributed by atoms with Crippen LogP contribution in [0.4, 0.5) is 13.2 Å². The van der Waals surface area contributed by atoms with E-state index < -0.39 is 12.1 Å². The third-order valence-electron chi connectivity index (χ3n) is 4.62. The van der Waals surface area contributed by atoms with Gasteiger partial charge in [-0.1, -0.05) is 0 Å². The Bertz CT molecular complexity index is 369. The van der Waals surface area contributed by atoms with Crippen LogP contribution in [0.5, 0.6) is 0 Å². The van der Waals surface area contributed by atoms with Gasteiger partial charge < -0.3 is 19.5 Å². The first-order chi connectivity index (χ1) is 10.3. The topological polar surface area (TPSA) is 59.0 Å². The molecule has 0 aromatic heterocycles. The van der Waals surface area contributed by atoms with Gasteiger partial charge in [-0.05, 0) is 38.8 Å². The second-order valence-electron chi connectivity index (χ2n) is 6.18. The minimum atomic E-state index is -5.08. The Kier molecular flexibility index (Phi) is 5.68. The van der Waals surface area contributed by atoms with Crippen molar-refractivity contribution in [3.63, 3.8) is 0 Å². The fourth-order valence-corrected chi connectivity index (χ4v) is 3.09. The van der Waals surface area contributed by atoms with Crippen molar-refractivity contribution in [1.82, 2.24) is 4.90 Å². The first-order valence-corrected chi connectivity index (χ1v) is 7.52. The zero-order chi connectivity index (χ0) is 16.2. The summed E-state index contributed by atoms with van der Waals surface area (Å²) in [5, 5.41) is 7.12. The number of ether oxygens (including phenoxy) is 2. The summed E-state index contributed by atoms with van der Waals surface area (Å²) in [6.45, 7) is 6.55. The average Bonchev–Trinajstić information content (AvgIpc) is 2.46. The molecule has 5 nitrogen and oxygen atoms in total. The molecule has 3 aliphatic rings. The molecule has 3 rings (SSSR count). The molecule has 3 heterocycles. The zero-order valence-corrected chi connectivity index (χ0v) is 12.4. The summed E-state index contributed by atoms with van der Waals surface area (Å²) in [7, 11) is 0. The van der Waals surface area contributed by atoms with Crippen molar-refractivity contribution in [1.29, 1.82) is 0 Å². The van der Waals surface area contributed by atoms with Gasteiger partial charge in [-0.25, -0.2) is 4.79 Å². The van der Waals surface area contributed by atoms with E-state index in [1.807, 2.05) is 0 Å². The molecule has 1 spiro atoms. The maximum atomic E-state index is 10.6. The summed E-state index contributed by atoms with van der Waals surface area (Å²) in [4.78, 5) is 11.6. The first kappa shape index (κ1) is 17.5. The van der Waals surface area contributed by atoms with Gasteiger partial charge in [0.25, 0.3) is 0 Å². The molecule has 22 heavy (non-hydrogen) atoms. The summed E-state index contributed by atoms with van der Waals surface area (Å²) in [6, 6.07) is 0.803. The summed E-state index contributed by atoms with van der Waals surface area (Å²) in [5.41, 5.74) is 0.585. The third-order valence-corrected chi connectivity index (χ3v) is 4.62.